The zero-order valence-electron chi connectivity index (χ0n) is 12.6. The molecule has 0 aromatic heterocycles. The molecule has 2 aliphatic rings. The molecule has 1 aliphatic carbocycles. The van der Waals surface area contributed by atoms with Gasteiger partial charge in [0.25, 0.3) is 0 Å². The molecular formula is C16H22ClN3O2. The maximum absolute atomic E-state index is 11.9. The van der Waals surface area contributed by atoms with Crippen LogP contribution in [0.2, 0.25) is 5.02 Å². The molecule has 3 rings (SSSR count). The van der Waals surface area contributed by atoms with Crippen LogP contribution in [0.4, 0.5) is 4.79 Å². The number of urea groups is 1. The van der Waals surface area contributed by atoms with Crippen molar-refractivity contribution in [2.24, 2.45) is 0 Å². The second kappa shape index (κ2) is 7.31. The Morgan fingerprint density at radius 1 is 1.32 bits per heavy atom. The smallest absolute Gasteiger partial charge is 0.315 e. The molecule has 0 spiro atoms. The van der Waals surface area contributed by atoms with E-state index in [2.05, 4.69) is 15.5 Å². The summed E-state index contributed by atoms with van der Waals surface area (Å²) in [5.74, 6) is 0. The Balaban J connectivity index is 1.67. The number of benzene rings is 1. The van der Waals surface area contributed by atoms with Gasteiger partial charge < -0.3 is 15.4 Å². The van der Waals surface area contributed by atoms with Gasteiger partial charge in [-0.3, -0.25) is 4.90 Å². The van der Waals surface area contributed by atoms with Gasteiger partial charge in [0, 0.05) is 30.7 Å². The fourth-order valence-corrected chi connectivity index (χ4v) is 2.99. The first-order valence-corrected chi connectivity index (χ1v) is 8.22. The number of carbonyl (C=O) groups is 1. The molecule has 2 amide bonds. The second-order valence-corrected chi connectivity index (χ2v) is 6.22. The highest BCUT2D eigenvalue weighted by Gasteiger charge is 2.26. The van der Waals surface area contributed by atoms with E-state index in [1.807, 2.05) is 24.3 Å². The third-order valence-corrected chi connectivity index (χ3v) is 4.46. The van der Waals surface area contributed by atoms with Crippen LogP contribution >= 0.6 is 11.6 Å². The average Bonchev–Trinajstić information content (AvgIpc) is 3.34. The van der Waals surface area contributed by atoms with Gasteiger partial charge in [-0.25, -0.2) is 4.79 Å². The molecule has 6 heteroatoms. The summed E-state index contributed by atoms with van der Waals surface area (Å²) in [6.45, 7) is 3.68. The number of morpholine rings is 1. The molecular weight excluding hydrogens is 302 g/mol. The molecule has 1 atom stereocenters. The van der Waals surface area contributed by atoms with Gasteiger partial charge in [0.1, 0.15) is 0 Å². The minimum absolute atomic E-state index is 0.0718. The number of halogens is 1. The van der Waals surface area contributed by atoms with Crippen molar-refractivity contribution in [2.45, 2.75) is 24.9 Å². The minimum Gasteiger partial charge on any atom is -0.379 e. The van der Waals surface area contributed by atoms with E-state index in [-0.39, 0.29) is 12.1 Å². The van der Waals surface area contributed by atoms with E-state index >= 15 is 0 Å². The molecule has 0 bridgehead atoms. The zero-order chi connectivity index (χ0) is 15.4. The van der Waals surface area contributed by atoms with Crippen LogP contribution in [-0.4, -0.2) is 49.8 Å². The summed E-state index contributed by atoms with van der Waals surface area (Å²) >= 11 is 6.36. The van der Waals surface area contributed by atoms with Crippen molar-refractivity contribution in [1.29, 1.82) is 0 Å². The Hall–Kier alpha value is -1.30. The Morgan fingerprint density at radius 3 is 2.73 bits per heavy atom. The number of hydrogen-bond donors (Lipinski definition) is 2. The number of amides is 2. The molecule has 5 nitrogen and oxygen atoms in total. The molecule has 1 saturated heterocycles. The van der Waals surface area contributed by atoms with E-state index in [0.29, 0.717) is 12.6 Å². The van der Waals surface area contributed by atoms with Gasteiger partial charge in [-0.15, -0.1) is 0 Å². The van der Waals surface area contributed by atoms with Crippen LogP contribution in [0, 0.1) is 0 Å². The van der Waals surface area contributed by atoms with Gasteiger partial charge in [-0.1, -0.05) is 29.8 Å². The van der Waals surface area contributed by atoms with E-state index in [1.165, 1.54) is 0 Å². The number of rotatable bonds is 5. The maximum Gasteiger partial charge on any atom is 0.315 e. The summed E-state index contributed by atoms with van der Waals surface area (Å²) in [6.07, 6.45) is 2.18. The van der Waals surface area contributed by atoms with Crippen molar-refractivity contribution in [3.05, 3.63) is 34.9 Å². The minimum atomic E-state index is -0.0900. The molecule has 2 fully saturated rings. The van der Waals surface area contributed by atoms with Crippen LogP contribution in [0.3, 0.4) is 0 Å². The quantitative estimate of drug-likeness (QED) is 0.873. The lowest BCUT2D eigenvalue weighted by Gasteiger charge is -2.35. The van der Waals surface area contributed by atoms with Crippen molar-refractivity contribution >= 4 is 17.6 Å². The van der Waals surface area contributed by atoms with E-state index in [1.54, 1.807) is 0 Å². The monoisotopic (exact) mass is 323 g/mol. The Morgan fingerprint density at radius 2 is 2.05 bits per heavy atom. The van der Waals surface area contributed by atoms with Crippen LogP contribution in [0.15, 0.2) is 24.3 Å². The molecule has 1 aliphatic heterocycles. The summed E-state index contributed by atoms with van der Waals surface area (Å²) < 4.78 is 5.43. The van der Waals surface area contributed by atoms with Gasteiger partial charge >= 0.3 is 6.03 Å². The molecule has 1 unspecified atom stereocenters. The number of hydrogen-bond acceptors (Lipinski definition) is 3. The molecule has 1 heterocycles. The third kappa shape index (κ3) is 4.12. The van der Waals surface area contributed by atoms with Crippen molar-refractivity contribution < 1.29 is 9.53 Å². The van der Waals surface area contributed by atoms with Crippen molar-refractivity contribution in [1.82, 2.24) is 15.5 Å². The molecule has 22 heavy (non-hydrogen) atoms. The van der Waals surface area contributed by atoms with Gasteiger partial charge in [0.05, 0.1) is 19.3 Å². The van der Waals surface area contributed by atoms with Crippen LogP contribution in [0.25, 0.3) is 0 Å². The van der Waals surface area contributed by atoms with E-state index in [4.69, 9.17) is 16.3 Å². The highest BCUT2D eigenvalue weighted by molar-refractivity contribution is 6.31. The molecule has 1 saturated carbocycles. The van der Waals surface area contributed by atoms with E-state index in [0.717, 1.165) is 49.7 Å². The van der Waals surface area contributed by atoms with E-state index in [9.17, 15) is 4.79 Å². The molecule has 2 N–H and O–H groups in total. The fraction of sp³-hybridized carbons (Fsp3) is 0.562. The lowest BCUT2D eigenvalue weighted by molar-refractivity contribution is 0.0167. The van der Waals surface area contributed by atoms with E-state index < -0.39 is 0 Å². The topological polar surface area (TPSA) is 53.6 Å². The third-order valence-electron chi connectivity index (χ3n) is 4.12. The van der Waals surface area contributed by atoms with Crippen molar-refractivity contribution in [2.75, 3.05) is 32.8 Å². The Bertz CT molecular complexity index is 516. The standard InChI is InChI=1S/C16H22ClN3O2/c17-14-4-2-1-3-13(14)15(20-7-9-22-10-8-20)11-18-16(21)19-12-5-6-12/h1-4,12,15H,5-11H2,(H2,18,19,21). The summed E-state index contributed by atoms with van der Waals surface area (Å²) in [6, 6.07) is 8.18. The number of nitrogens with zero attached hydrogens (tertiary/aromatic N) is 1. The van der Waals surface area contributed by atoms with Crippen molar-refractivity contribution in [3.63, 3.8) is 0 Å². The predicted octanol–water partition coefficient (Wildman–Crippen LogP) is 2.17. The largest absolute Gasteiger partial charge is 0.379 e. The number of carbonyl (C=O) groups excluding carboxylic acids is 1. The summed E-state index contributed by atoms with van der Waals surface area (Å²) in [7, 11) is 0. The second-order valence-electron chi connectivity index (χ2n) is 5.81. The van der Waals surface area contributed by atoms with Gasteiger partial charge in [-0.05, 0) is 24.5 Å². The lowest BCUT2D eigenvalue weighted by Crippen LogP contribution is -2.46. The number of nitrogens with one attached hydrogen (secondary N) is 2. The van der Waals surface area contributed by atoms with Crippen LogP contribution in [0.1, 0.15) is 24.4 Å². The van der Waals surface area contributed by atoms with Crippen molar-refractivity contribution in [3.8, 4) is 0 Å². The van der Waals surface area contributed by atoms with Gasteiger partial charge in [0.15, 0.2) is 0 Å². The lowest BCUT2D eigenvalue weighted by atomic mass is 10.0. The summed E-state index contributed by atoms with van der Waals surface area (Å²) in [4.78, 5) is 14.2. The van der Waals surface area contributed by atoms with Crippen LogP contribution in [-0.2, 0) is 4.74 Å². The first kappa shape index (κ1) is 15.6. The first-order valence-electron chi connectivity index (χ1n) is 7.84. The number of ether oxygens (including phenoxy) is 1. The van der Waals surface area contributed by atoms with Crippen LogP contribution in [0.5, 0.6) is 0 Å². The molecule has 1 aromatic rings. The average molecular weight is 324 g/mol. The molecule has 1 aromatic carbocycles. The highest BCUT2D eigenvalue weighted by atomic mass is 35.5. The SMILES string of the molecule is O=C(NCC(c1ccccc1Cl)N1CCOCC1)NC1CC1. The Kier molecular flexibility index (Phi) is 5.18. The van der Waals surface area contributed by atoms with Crippen LogP contribution < -0.4 is 10.6 Å². The molecule has 120 valence electrons. The first-order chi connectivity index (χ1) is 10.7. The predicted molar refractivity (Wildman–Crippen MR) is 86.1 cm³/mol. The summed E-state index contributed by atoms with van der Waals surface area (Å²) in [5, 5.41) is 6.68. The maximum atomic E-state index is 11.9. The highest BCUT2D eigenvalue weighted by Crippen LogP contribution is 2.27. The molecule has 0 radical (unpaired) electrons. The van der Waals surface area contributed by atoms with Gasteiger partial charge in [-0.2, -0.15) is 0 Å². The van der Waals surface area contributed by atoms with Gasteiger partial charge in [0.2, 0.25) is 0 Å². The zero-order valence-corrected chi connectivity index (χ0v) is 13.3. The summed E-state index contributed by atoms with van der Waals surface area (Å²) in [5.41, 5.74) is 1.05. The fourth-order valence-electron chi connectivity index (χ4n) is 2.72. The Labute approximate surface area is 136 Å². The normalized spacial score (nSPS) is 20.4.